The molecule has 0 saturated carbocycles. The monoisotopic (exact) mass is 169 g/mol. The SMILES string of the molecule is O=c1ccc2cccc3ccn1c23. The third-order valence-corrected chi connectivity index (χ3v) is 2.39. The molecule has 0 spiro atoms. The molecule has 0 aliphatic heterocycles. The van der Waals surface area contributed by atoms with Gasteiger partial charge in [-0.1, -0.05) is 18.2 Å². The van der Waals surface area contributed by atoms with Crippen LogP contribution in [0, 0.1) is 0 Å². The molecule has 2 heterocycles. The van der Waals surface area contributed by atoms with Crippen LogP contribution < -0.4 is 5.56 Å². The Bertz CT molecular complexity index is 624. The van der Waals surface area contributed by atoms with Gasteiger partial charge in [0.25, 0.3) is 5.56 Å². The second-order valence-electron chi connectivity index (χ2n) is 3.14. The van der Waals surface area contributed by atoms with Gasteiger partial charge in [0.2, 0.25) is 0 Å². The van der Waals surface area contributed by atoms with Crippen molar-refractivity contribution >= 4 is 16.3 Å². The molecule has 2 heteroatoms. The highest BCUT2D eigenvalue weighted by atomic mass is 16.1. The Kier molecular flexibility index (Phi) is 1.08. The van der Waals surface area contributed by atoms with Gasteiger partial charge in [-0.2, -0.15) is 0 Å². The molecule has 0 atom stereocenters. The van der Waals surface area contributed by atoms with Gasteiger partial charge in [-0.15, -0.1) is 0 Å². The van der Waals surface area contributed by atoms with Crippen molar-refractivity contribution in [1.82, 2.24) is 4.40 Å². The van der Waals surface area contributed by atoms with Crippen molar-refractivity contribution in [3.8, 4) is 0 Å². The maximum Gasteiger partial charge on any atom is 0.255 e. The molecule has 0 aliphatic rings. The Morgan fingerprint density at radius 2 is 1.69 bits per heavy atom. The third kappa shape index (κ3) is 0.746. The van der Waals surface area contributed by atoms with Crippen LogP contribution in [0.2, 0.25) is 0 Å². The number of aromatic nitrogens is 1. The van der Waals surface area contributed by atoms with Crippen molar-refractivity contribution < 1.29 is 0 Å². The van der Waals surface area contributed by atoms with Crippen LogP contribution >= 0.6 is 0 Å². The average molecular weight is 169 g/mol. The Hall–Kier alpha value is -1.83. The quantitative estimate of drug-likeness (QED) is 0.503. The first kappa shape index (κ1) is 6.66. The Labute approximate surface area is 74.4 Å². The molecule has 2 aromatic heterocycles. The highest BCUT2D eigenvalue weighted by molar-refractivity contribution is 5.95. The lowest BCUT2D eigenvalue weighted by molar-refractivity contribution is 1.13. The molecular formula is C11H7NO. The number of pyridine rings is 1. The zero-order valence-electron chi connectivity index (χ0n) is 6.90. The lowest BCUT2D eigenvalue weighted by Gasteiger charge is -1.97. The molecule has 0 N–H and O–H groups in total. The molecular weight excluding hydrogens is 162 g/mol. The van der Waals surface area contributed by atoms with Crippen molar-refractivity contribution in [1.29, 1.82) is 0 Å². The van der Waals surface area contributed by atoms with Gasteiger partial charge in [0.15, 0.2) is 0 Å². The summed E-state index contributed by atoms with van der Waals surface area (Å²) in [5.41, 5.74) is 1.06. The topological polar surface area (TPSA) is 21.5 Å². The summed E-state index contributed by atoms with van der Waals surface area (Å²) < 4.78 is 1.69. The van der Waals surface area contributed by atoms with Crippen molar-refractivity contribution in [2.45, 2.75) is 0 Å². The van der Waals surface area contributed by atoms with E-state index < -0.39 is 0 Å². The summed E-state index contributed by atoms with van der Waals surface area (Å²) in [5.74, 6) is 0. The van der Waals surface area contributed by atoms with E-state index in [2.05, 4.69) is 0 Å². The van der Waals surface area contributed by atoms with Crippen LogP contribution in [-0.2, 0) is 0 Å². The predicted octanol–water partition coefficient (Wildman–Crippen LogP) is 1.89. The van der Waals surface area contributed by atoms with Crippen LogP contribution in [0.15, 0.2) is 47.4 Å². The highest BCUT2D eigenvalue weighted by Crippen LogP contribution is 2.19. The van der Waals surface area contributed by atoms with Gasteiger partial charge in [0.05, 0.1) is 5.52 Å². The lowest BCUT2D eigenvalue weighted by atomic mass is 10.2. The van der Waals surface area contributed by atoms with E-state index in [1.165, 1.54) is 0 Å². The first-order valence-electron chi connectivity index (χ1n) is 4.19. The van der Waals surface area contributed by atoms with E-state index >= 15 is 0 Å². The second kappa shape index (κ2) is 2.10. The lowest BCUT2D eigenvalue weighted by Crippen LogP contribution is -2.08. The van der Waals surface area contributed by atoms with E-state index in [1.807, 2.05) is 36.5 Å². The molecule has 1 aromatic carbocycles. The molecule has 3 rings (SSSR count). The van der Waals surface area contributed by atoms with Crippen LogP contribution in [-0.4, -0.2) is 4.40 Å². The van der Waals surface area contributed by atoms with Gasteiger partial charge in [-0.05, 0) is 17.5 Å². The second-order valence-corrected chi connectivity index (χ2v) is 3.14. The number of hydrogen-bond donors (Lipinski definition) is 0. The van der Waals surface area contributed by atoms with E-state index in [9.17, 15) is 4.79 Å². The summed E-state index contributed by atoms with van der Waals surface area (Å²) in [6.45, 7) is 0. The van der Waals surface area contributed by atoms with Crippen LogP contribution in [0.1, 0.15) is 0 Å². The van der Waals surface area contributed by atoms with Gasteiger partial charge >= 0.3 is 0 Å². The van der Waals surface area contributed by atoms with Crippen LogP contribution in [0.5, 0.6) is 0 Å². The Balaban J connectivity index is 2.81. The largest absolute Gasteiger partial charge is 0.283 e. The van der Waals surface area contributed by atoms with E-state index in [0.29, 0.717) is 0 Å². The third-order valence-electron chi connectivity index (χ3n) is 2.39. The molecule has 0 amide bonds. The molecule has 0 fully saturated rings. The molecule has 0 unspecified atom stereocenters. The number of nitrogens with zero attached hydrogens (tertiary/aromatic N) is 1. The minimum absolute atomic E-state index is 0.0358. The number of para-hydroxylation sites is 1. The Morgan fingerprint density at radius 1 is 0.923 bits per heavy atom. The summed E-state index contributed by atoms with van der Waals surface area (Å²) in [6, 6.07) is 11.5. The maximum absolute atomic E-state index is 11.4. The van der Waals surface area contributed by atoms with E-state index in [1.54, 1.807) is 10.5 Å². The molecule has 0 bridgehead atoms. The first-order chi connectivity index (χ1) is 6.36. The molecule has 13 heavy (non-hydrogen) atoms. The normalized spacial score (nSPS) is 11.4. The minimum atomic E-state index is 0.0358. The highest BCUT2D eigenvalue weighted by Gasteiger charge is 2.02. The summed E-state index contributed by atoms with van der Waals surface area (Å²) in [6.07, 6.45) is 1.82. The van der Waals surface area contributed by atoms with Crippen molar-refractivity contribution in [2.24, 2.45) is 0 Å². The van der Waals surface area contributed by atoms with Gasteiger partial charge in [0.1, 0.15) is 0 Å². The van der Waals surface area contributed by atoms with Crippen LogP contribution in [0.25, 0.3) is 16.3 Å². The summed E-state index contributed by atoms with van der Waals surface area (Å²) in [4.78, 5) is 11.4. The summed E-state index contributed by atoms with van der Waals surface area (Å²) >= 11 is 0. The zero-order chi connectivity index (χ0) is 8.84. The van der Waals surface area contributed by atoms with E-state index in [4.69, 9.17) is 0 Å². The molecule has 2 nitrogen and oxygen atoms in total. The number of hydrogen-bond acceptors (Lipinski definition) is 1. The average Bonchev–Trinajstić information content (AvgIpc) is 2.57. The number of rotatable bonds is 0. The Morgan fingerprint density at radius 3 is 2.54 bits per heavy atom. The fourth-order valence-corrected chi connectivity index (χ4v) is 1.78. The van der Waals surface area contributed by atoms with Gasteiger partial charge in [-0.25, -0.2) is 0 Å². The van der Waals surface area contributed by atoms with E-state index in [0.717, 1.165) is 16.3 Å². The summed E-state index contributed by atoms with van der Waals surface area (Å²) in [7, 11) is 0. The predicted molar refractivity (Wildman–Crippen MR) is 52.4 cm³/mol. The van der Waals surface area contributed by atoms with Crippen molar-refractivity contribution in [3.63, 3.8) is 0 Å². The zero-order valence-corrected chi connectivity index (χ0v) is 6.90. The van der Waals surface area contributed by atoms with Crippen LogP contribution in [0.3, 0.4) is 0 Å². The van der Waals surface area contributed by atoms with E-state index in [-0.39, 0.29) is 5.56 Å². The van der Waals surface area contributed by atoms with Crippen molar-refractivity contribution in [3.05, 3.63) is 52.9 Å². The standard InChI is InChI=1S/C11H7NO/c13-10-5-4-8-2-1-3-9-6-7-12(10)11(8)9/h1-7H. The number of benzene rings is 1. The van der Waals surface area contributed by atoms with Gasteiger partial charge in [-0.3, -0.25) is 9.20 Å². The van der Waals surface area contributed by atoms with Crippen molar-refractivity contribution in [2.75, 3.05) is 0 Å². The van der Waals surface area contributed by atoms with Gasteiger partial charge in [0, 0.05) is 17.6 Å². The first-order valence-corrected chi connectivity index (χ1v) is 4.19. The minimum Gasteiger partial charge on any atom is -0.283 e. The molecule has 62 valence electrons. The maximum atomic E-state index is 11.4. The molecule has 0 aliphatic carbocycles. The molecule has 0 saturated heterocycles. The fourth-order valence-electron chi connectivity index (χ4n) is 1.78. The fraction of sp³-hybridized carbons (Fsp3) is 0. The van der Waals surface area contributed by atoms with Gasteiger partial charge < -0.3 is 0 Å². The van der Waals surface area contributed by atoms with Crippen LogP contribution in [0.4, 0.5) is 0 Å². The smallest absolute Gasteiger partial charge is 0.255 e. The molecule has 3 aromatic rings. The summed E-state index contributed by atoms with van der Waals surface area (Å²) in [5, 5.41) is 2.23. The molecule has 0 radical (unpaired) electrons.